The summed E-state index contributed by atoms with van der Waals surface area (Å²) in [6.07, 6.45) is 8.86. The van der Waals surface area contributed by atoms with Gasteiger partial charge in [-0.05, 0) is 25.7 Å². The van der Waals surface area contributed by atoms with Gasteiger partial charge in [-0.1, -0.05) is 26.7 Å². The van der Waals surface area contributed by atoms with Gasteiger partial charge >= 0.3 is 0 Å². The first-order valence-electron chi connectivity index (χ1n) is 6.50. The van der Waals surface area contributed by atoms with Crippen LogP contribution in [0.1, 0.15) is 58.1 Å². The molecule has 3 nitrogen and oxygen atoms in total. The summed E-state index contributed by atoms with van der Waals surface area (Å²) in [7, 11) is 0. The summed E-state index contributed by atoms with van der Waals surface area (Å²) >= 11 is 0. The minimum absolute atomic E-state index is 0.153. The molecule has 1 aromatic rings. The van der Waals surface area contributed by atoms with E-state index in [1.54, 1.807) is 0 Å². The molecule has 0 aliphatic heterocycles. The van der Waals surface area contributed by atoms with Gasteiger partial charge in [-0.25, -0.2) is 0 Å². The molecule has 92 valence electrons. The van der Waals surface area contributed by atoms with Gasteiger partial charge in [-0.15, -0.1) is 0 Å². The van der Waals surface area contributed by atoms with E-state index in [2.05, 4.69) is 32.1 Å². The van der Waals surface area contributed by atoms with Gasteiger partial charge in [0.25, 0.3) is 0 Å². The number of hydrogen-bond acceptors (Lipinski definition) is 2. The van der Waals surface area contributed by atoms with Crippen LogP contribution in [0.4, 0.5) is 0 Å². The zero-order chi connectivity index (χ0) is 12.0. The van der Waals surface area contributed by atoms with Gasteiger partial charge in [0.2, 0.25) is 0 Å². The van der Waals surface area contributed by atoms with Gasteiger partial charge in [0.05, 0.1) is 6.20 Å². The maximum absolute atomic E-state index is 6.33. The molecule has 0 saturated heterocycles. The lowest BCUT2D eigenvalue weighted by Crippen LogP contribution is -2.21. The van der Waals surface area contributed by atoms with Crippen molar-refractivity contribution in [3.63, 3.8) is 0 Å². The average molecular weight is 223 g/mol. The van der Waals surface area contributed by atoms with Crippen LogP contribution in [0.3, 0.4) is 0 Å². The highest BCUT2D eigenvalue weighted by molar-refractivity contribution is 5.11. The van der Waals surface area contributed by atoms with Crippen molar-refractivity contribution in [2.24, 2.45) is 11.7 Å². The normalized spacial score (nSPS) is 13.3. The van der Waals surface area contributed by atoms with Crippen molar-refractivity contribution in [2.45, 2.75) is 59.0 Å². The SMILES string of the molecule is CCCC(CCC)C(N)c1cnn(CC)c1. The van der Waals surface area contributed by atoms with Crippen LogP contribution in [0.5, 0.6) is 0 Å². The van der Waals surface area contributed by atoms with Gasteiger partial charge in [0.1, 0.15) is 0 Å². The molecule has 0 amide bonds. The summed E-state index contributed by atoms with van der Waals surface area (Å²) in [5.41, 5.74) is 7.51. The zero-order valence-corrected chi connectivity index (χ0v) is 10.8. The fourth-order valence-electron chi connectivity index (χ4n) is 2.24. The molecule has 0 aliphatic carbocycles. The third kappa shape index (κ3) is 3.34. The van der Waals surface area contributed by atoms with Gasteiger partial charge in [-0.2, -0.15) is 5.10 Å². The molecule has 16 heavy (non-hydrogen) atoms. The van der Waals surface area contributed by atoms with E-state index in [9.17, 15) is 0 Å². The zero-order valence-electron chi connectivity index (χ0n) is 10.8. The molecule has 0 fully saturated rings. The minimum Gasteiger partial charge on any atom is -0.324 e. The lowest BCUT2D eigenvalue weighted by Gasteiger charge is -2.22. The van der Waals surface area contributed by atoms with Crippen molar-refractivity contribution in [2.75, 3.05) is 0 Å². The Morgan fingerprint density at radius 1 is 1.25 bits per heavy atom. The van der Waals surface area contributed by atoms with Crippen LogP contribution in [-0.4, -0.2) is 9.78 Å². The number of aromatic nitrogens is 2. The van der Waals surface area contributed by atoms with E-state index in [0.29, 0.717) is 5.92 Å². The summed E-state index contributed by atoms with van der Waals surface area (Å²) in [6, 6.07) is 0.153. The Balaban J connectivity index is 2.68. The highest BCUT2D eigenvalue weighted by atomic mass is 15.3. The predicted octanol–water partition coefficient (Wildman–Crippen LogP) is 3.12. The Kier molecular flexibility index (Phi) is 5.53. The number of nitrogens with zero attached hydrogens (tertiary/aromatic N) is 2. The van der Waals surface area contributed by atoms with Crippen LogP contribution >= 0.6 is 0 Å². The summed E-state index contributed by atoms with van der Waals surface area (Å²) < 4.78 is 1.95. The quantitative estimate of drug-likeness (QED) is 0.772. The van der Waals surface area contributed by atoms with Crippen molar-refractivity contribution in [1.82, 2.24) is 9.78 Å². The summed E-state index contributed by atoms with van der Waals surface area (Å²) in [6.45, 7) is 7.46. The van der Waals surface area contributed by atoms with Crippen molar-refractivity contribution in [3.05, 3.63) is 18.0 Å². The van der Waals surface area contributed by atoms with Crippen LogP contribution in [0, 0.1) is 5.92 Å². The third-order valence-corrected chi connectivity index (χ3v) is 3.19. The Morgan fingerprint density at radius 2 is 1.88 bits per heavy atom. The Labute approximate surface area is 99.0 Å². The topological polar surface area (TPSA) is 43.8 Å². The second-order valence-electron chi connectivity index (χ2n) is 4.49. The standard InChI is InChI=1S/C13H25N3/c1-4-7-11(8-5-2)13(14)12-9-15-16(6-3)10-12/h9-11,13H,4-8,14H2,1-3H3. The molecule has 0 aliphatic rings. The number of nitrogens with two attached hydrogens (primary N) is 1. The lowest BCUT2D eigenvalue weighted by molar-refractivity contribution is 0.368. The predicted molar refractivity (Wildman–Crippen MR) is 68.1 cm³/mol. The Hall–Kier alpha value is -0.830. The molecule has 0 radical (unpaired) electrons. The fraction of sp³-hybridized carbons (Fsp3) is 0.769. The van der Waals surface area contributed by atoms with Crippen molar-refractivity contribution in [1.29, 1.82) is 0 Å². The smallest absolute Gasteiger partial charge is 0.0537 e. The van der Waals surface area contributed by atoms with Gasteiger partial charge in [-0.3, -0.25) is 4.68 Å². The van der Waals surface area contributed by atoms with E-state index in [1.165, 1.54) is 31.2 Å². The average Bonchev–Trinajstić information content (AvgIpc) is 2.76. The van der Waals surface area contributed by atoms with Crippen LogP contribution in [0.15, 0.2) is 12.4 Å². The molecule has 0 spiro atoms. The second kappa shape index (κ2) is 6.69. The molecule has 0 aromatic carbocycles. The number of rotatable bonds is 7. The second-order valence-corrected chi connectivity index (χ2v) is 4.49. The largest absolute Gasteiger partial charge is 0.324 e. The highest BCUT2D eigenvalue weighted by Crippen LogP contribution is 2.27. The molecule has 1 heterocycles. The Bertz CT molecular complexity index is 287. The Morgan fingerprint density at radius 3 is 2.31 bits per heavy atom. The molecule has 1 aromatic heterocycles. The number of hydrogen-bond donors (Lipinski definition) is 1. The molecule has 1 rings (SSSR count). The summed E-state index contributed by atoms with van der Waals surface area (Å²) in [4.78, 5) is 0. The molecule has 1 atom stereocenters. The molecule has 2 N–H and O–H groups in total. The van der Waals surface area contributed by atoms with E-state index in [-0.39, 0.29) is 6.04 Å². The molecule has 0 bridgehead atoms. The van der Waals surface area contributed by atoms with Crippen molar-refractivity contribution in [3.8, 4) is 0 Å². The summed E-state index contributed by atoms with van der Waals surface area (Å²) in [5, 5.41) is 4.30. The van der Waals surface area contributed by atoms with E-state index in [4.69, 9.17) is 5.73 Å². The van der Waals surface area contributed by atoms with Gasteiger partial charge < -0.3 is 5.73 Å². The maximum Gasteiger partial charge on any atom is 0.0537 e. The van der Waals surface area contributed by atoms with Gasteiger partial charge in [0.15, 0.2) is 0 Å². The van der Waals surface area contributed by atoms with E-state index in [1.807, 2.05) is 10.9 Å². The first-order valence-corrected chi connectivity index (χ1v) is 6.50. The molecule has 3 heteroatoms. The monoisotopic (exact) mass is 223 g/mol. The van der Waals surface area contributed by atoms with Crippen molar-refractivity contribution >= 4 is 0 Å². The summed E-state index contributed by atoms with van der Waals surface area (Å²) in [5.74, 6) is 0.601. The van der Waals surface area contributed by atoms with E-state index in [0.717, 1.165) is 6.54 Å². The van der Waals surface area contributed by atoms with Crippen LogP contribution < -0.4 is 5.73 Å². The molecule has 0 saturated carbocycles. The molecular weight excluding hydrogens is 198 g/mol. The molecule has 1 unspecified atom stereocenters. The first-order chi connectivity index (χ1) is 7.72. The fourth-order valence-corrected chi connectivity index (χ4v) is 2.24. The van der Waals surface area contributed by atoms with E-state index >= 15 is 0 Å². The van der Waals surface area contributed by atoms with Crippen LogP contribution in [0.2, 0.25) is 0 Å². The van der Waals surface area contributed by atoms with Crippen LogP contribution in [-0.2, 0) is 6.54 Å². The first kappa shape index (κ1) is 13.2. The number of aryl methyl sites for hydroxylation is 1. The van der Waals surface area contributed by atoms with E-state index < -0.39 is 0 Å². The lowest BCUT2D eigenvalue weighted by atomic mass is 9.88. The molecular formula is C13H25N3. The van der Waals surface area contributed by atoms with Crippen molar-refractivity contribution < 1.29 is 0 Å². The highest BCUT2D eigenvalue weighted by Gasteiger charge is 2.19. The minimum atomic E-state index is 0.153. The van der Waals surface area contributed by atoms with Gasteiger partial charge in [0, 0.05) is 24.3 Å². The maximum atomic E-state index is 6.33. The van der Waals surface area contributed by atoms with Crippen LogP contribution in [0.25, 0.3) is 0 Å². The third-order valence-electron chi connectivity index (χ3n) is 3.19.